The van der Waals surface area contributed by atoms with Crippen LogP contribution in [0, 0.1) is 0 Å². The van der Waals surface area contributed by atoms with E-state index in [2.05, 4.69) is 57.7 Å². The first-order valence-electron chi connectivity index (χ1n) is 10.4. The minimum atomic E-state index is 0.797. The minimum Gasteiger partial charge on any atom is -0.369 e. The van der Waals surface area contributed by atoms with Crippen molar-refractivity contribution in [2.45, 2.75) is 0 Å². The van der Waals surface area contributed by atoms with Crippen LogP contribution in [-0.4, -0.2) is 45.8 Å². The van der Waals surface area contributed by atoms with Crippen LogP contribution < -0.4 is 10.2 Å². The maximum absolute atomic E-state index is 4.74. The second kappa shape index (κ2) is 8.16. The molecule has 1 saturated heterocycles. The van der Waals surface area contributed by atoms with Crippen LogP contribution in [0.15, 0.2) is 68.3 Å². The first kappa shape index (κ1) is 19.2. The molecule has 1 aromatic carbocycles. The molecule has 1 fully saturated rings. The summed E-state index contributed by atoms with van der Waals surface area (Å²) in [7, 11) is 0. The molecule has 1 aliphatic heterocycles. The Morgan fingerprint density at radius 1 is 0.871 bits per heavy atom. The lowest BCUT2D eigenvalue weighted by atomic mass is 10.0. The van der Waals surface area contributed by atoms with Crippen molar-refractivity contribution in [1.29, 1.82) is 0 Å². The fourth-order valence-electron chi connectivity index (χ4n) is 4.10. The monoisotopic (exact) mass is 408 g/mol. The van der Waals surface area contributed by atoms with Crippen LogP contribution in [0.3, 0.4) is 0 Å². The van der Waals surface area contributed by atoms with Crippen LogP contribution in [0.2, 0.25) is 0 Å². The van der Waals surface area contributed by atoms with E-state index in [1.807, 2.05) is 29.2 Å². The van der Waals surface area contributed by atoms with Crippen molar-refractivity contribution < 1.29 is 0 Å². The first-order chi connectivity index (χ1) is 15.3. The zero-order valence-corrected chi connectivity index (χ0v) is 17.3. The van der Waals surface area contributed by atoms with E-state index >= 15 is 0 Å². The molecule has 4 aromatic rings. The van der Waals surface area contributed by atoms with Crippen molar-refractivity contribution in [2.24, 2.45) is 0 Å². The third-order valence-electron chi connectivity index (χ3n) is 5.75. The van der Waals surface area contributed by atoms with E-state index in [-0.39, 0.29) is 0 Å². The van der Waals surface area contributed by atoms with Gasteiger partial charge in [-0.25, -0.2) is 9.50 Å². The summed E-state index contributed by atoms with van der Waals surface area (Å²) in [6.07, 6.45) is 11.1. The molecule has 5 rings (SSSR count). The maximum atomic E-state index is 4.74. The van der Waals surface area contributed by atoms with Gasteiger partial charge in [-0.15, -0.1) is 0 Å². The van der Waals surface area contributed by atoms with Gasteiger partial charge in [0.05, 0.1) is 11.9 Å². The van der Waals surface area contributed by atoms with Gasteiger partial charge in [0.2, 0.25) is 0 Å². The van der Waals surface area contributed by atoms with Crippen LogP contribution in [-0.2, 0) is 0 Å². The highest BCUT2D eigenvalue weighted by Crippen LogP contribution is 2.30. The van der Waals surface area contributed by atoms with Gasteiger partial charge in [0.1, 0.15) is 0 Å². The summed E-state index contributed by atoms with van der Waals surface area (Å²) < 4.78 is 1.83. The van der Waals surface area contributed by atoms with E-state index in [0.29, 0.717) is 0 Å². The molecular formula is C25H24N6. The van der Waals surface area contributed by atoms with Crippen molar-refractivity contribution in [1.82, 2.24) is 24.9 Å². The summed E-state index contributed by atoms with van der Waals surface area (Å²) in [6, 6.07) is 10.6. The highest BCUT2D eigenvalue weighted by atomic mass is 15.2. The Labute approximate surface area is 181 Å². The van der Waals surface area contributed by atoms with Crippen LogP contribution in [0.25, 0.3) is 40.1 Å². The van der Waals surface area contributed by atoms with Crippen LogP contribution >= 0.6 is 0 Å². The molecule has 31 heavy (non-hydrogen) atoms. The average molecular weight is 409 g/mol. The second-order valence-electron chi connectivity index (χ2n) is 7.52. The van der Waals surface area contributed by atoms with E-state index in [0.717, 1.165) is 65.3 Å². The fourth-order valence-corrected chi connectivity index (χ4v) is 4.10. The number of benzene rings is 1. The predicted molar refractivity (Wildman–Crippen MR) is 127 cm³/mol. The number of piperazine rings is 1. The number of anilines is 1. The van der Waals surface area contributed by atoms with Gasteiger partial charge in [0.15, 0.2) is 5.65 Å². The van der Waals surface area contributed by atoms with Gasteiger partial charge in [0.25, 0.3) is 0 Å². The number of hydrogen-bond acceptors (Lipinski definition) is 5. The largest absolute Gasteiger partial charge is 0.369 e. The van der Waals surface area contributed by atoms with Gasteiger partial charge >= 0.3 is 0 Å². The van der Waals surface area contributed by atoms with Gasteiger partial charge in [-0.2, -0.15) is 5.10 Å². The SMILES string of the molecule is C=Cc1nccc(-c2cnn3cc(-c4ccc(N5CCNCC5)cc4)cnc23)c1C=C. The van der Waals surface area contributed by atoms with Crippen molar-refractivity contribution in [3.8, 4) is 22.3 Å². The Morgan fingerprint density at radius 2 is 1.68 bits per heavy atom. The molecule has 0 bridgehead atoms. The second-order valence-corrected chi connectivity index (χ2v) is 7.52. The van der Waals surface area contributed by atoms with Gasteiger partial charge in [-0.3, -0.25) is 4.98 Å². The molecule has 3 aromatic heterocycles. The Balaban J connectivity index is 1.49. The van der Waals surface area contributed by atoms with E-state index in [1.54, 1.807) is 18.3 Å². The number of nitrogens with zero attached hydrogens (tertiary/aromatic N) is 5. The summed E-state index contributed by atoms with van der Waals surface area (Å²) in [5.74, 6) is 0. The molecule has 0 amide bonds. The molecule has 154 valence electrons. The fraction of sp³-hybridized carbons (Fsp3) is 0.160. The smallest absolute Gasteiger partial charge is 0.162 e. The van der Waals surface area contributed by atoms with Crippen molar-refractivity contribution in [2.75, 3.05) is 31.1 Å². The number of pyridine rings is 1. The normalized spacial score (nSPS) is 14.0. The highest BCUT2D eigenvalue weighted by Gasteiger charge is 2.14. The van der Waals surface area contributed by atoms with Crippen LogP contribution in [0.4, 0.5) is 5.69 Å². The van der Waals surface area contributed by atoms with Crippen molar-refractivity contribution in [3.63, 3.8) is 0 Å². The number of nitrogens with one attached hydrogen (secondary N) is 1. The van der Waals surface area contributed by atoms with Gasteiger partial charge in [0, 0.05) is 67.1 Å². The predicted octanol–water partition coefficient (Wildman–Crippen LogP) is 4.15. The van der Waals surface area contributed by atoms with Crippen LogP contribution in [0.1, 0.15) is 11.3 Å². The molecule has 4 heterocycles. The minimum absolute atomic E-state index is 0.797. The molecular weight excluding hydrogens is 384 g/mol. The Kier molecular flexibility index (Phi) is 5.06. The molecule has 0 aliphatic carbocycles. The lowest BCUT2D eigenvalue weighted by Gasteiger charge is -2.29. The number of aromatic nitrogens is 4. The molecule has 0 saturated carbocycles. The van der Waals surface area contributed by atoms with Gasteiger partial charge in [-0.05, 0) is 35.4 Å². The van der Waals surface area contributed by atoms with E-state index in [1.165, 1.54) is 5.69 Å². The molecule has 0 atom stereocenters. The highest BCUT2D eigenvalue weighted by molar-refractivity contribution is 5.85. The lowest BCUT2D eigenvalue weighted by molar-refractivity contribution is 0.589. The first-order valence-corrected chi connectivity index (χ1v) is 10.4. The lowest BCUT2D eigenvalue weighted by Crippen LogP contribution is -2.43. The third kappa shape index (κ3) is 3.51. The van der Waals surface area contributed by atoms with E-state index in [4.69, 9.17) is 4.98 Å². The summed E-state index contributed by atoms with van der Waals surface area (Å²) in [4.78, 5) is 11.5. The molecule has 1 aliphatic rings. The van der Waals surface area contributed by atoms with Crippen molar-refractivity contribution >= 4 is 23.5 Å². The van der Waals surface area contributed by atoms with Crippen molar-refractivity contribution in [3.05, 3.63) is 79.5 Å². The molecule has 0 spiro atoms. The zero-order valence-electron chi connectivity index (χ0n) is 17.3. The topological polar surface area (TPSA) is 58.4 Å². The summed E-state index contributed by atoms with van der Waals surface area (Å²) in [6.45, 7) is 11.9. The van der Waals surface area contributed by atoms with E-state index < -0.39 is 0 Å². The molecule has 0 unspecified atom stereocenters. The summed E-state index contributed by atoms with van der Waals surface area (Å²) in [5.41, 5.74) is 7.87. The Bertz CT molecular complexity index is 1250. The standard InChI is InChI=1S/C25H24N6/c1-3-21-22(9-10-27-24(21)4-2)23-16-29-31-17-19(15-28-25(23)31)18-5-7-20(8-6-18)30-13-11-26-12-14-30/h3-10,15-17,26H,1-2,11-14H2. The summed E-state index contributed by atoms with van der Waals surface area (Å²) >= 11 is 0. The molecule has 0 radical (unpaired) electrons. The molecule has 6 heteroatoms. The maximum Gasteiger partial charge on any atom is 0.162 e. The summed E-state index contributed by atoms with van der Waals surface area (Å²) in [5, 5.41) is 7.95. The zero-order chi connectivity index (χ0) is 21.2. The Hall–Kier alpha value is -3.77. The molecule has 1 N–H and O–H groups in total. The number of fused-ring (bicyclic) bond motifs is 1. The Morgan fingerprint density at radius 3 is 2.42 bits per heavy atom. The van der Waals surface area contributed by atoms with Crippen LogP contribution in [0.5, 0.6) is 0 Å². The van der Waals surface area contributed by atoms with E-state index in [9.17, 15) is 0 Å². The third-order valence-corrected chi connectivity index (χ3v) is 5.75. The quantitative estimate of drug-likeness (QED) is 0.538. The average Bonchev–Trinajstić information content (AvgIpc) is 3.27. The number of hydrogen-bond donors (Lipinski definition) is 1. The molecule has 6 nitrogen and oxygen atoms in total. The number of rotatable bonds is 5. The van der Waals surface area contributed by atoms with Gasteiger partial charge in [-0.1, -0.05) is 31.4 Å². The van der Waals surface area contributed by atoms with Gasteiger partial charge < -0.3 is 10.2 Å².